The van der Waals surface area contributed by atoms with Crippen LogP contribution in [-0.4, -0.2) is 19.4 Å². The van der Waals surface area contributed by atoms with Crippen LogP contribution in [0.15, 0.2) is 182 Å². The molecule has 0 aliphatic rings. The van der Waals surface area contributed by atoms with Gasteiger partial charge in [0.1, 0.15) is 0 Å². The average molecular weight is 675 g/mol. The third kappa shape index (κ3) is 4.66. The lowest BCUT2D eigenvalue weighted by Gasteiger charge is -2.15. The van der Waals surface area contributed by atoms with Crippen molar-refractivity contribution in [2.75, 3.05) is 0 Å². The maximum atomic E-state index is 5.12. The Hall–Kier alpha value is -7.17. The maximum Gasteiger partial charge on any atom is 0.164 e. The van der Waals surface area contributed by atoms with Gasteiger partial charge in [0.25, 0.3) is 0 Å². The van der Waals surface area contributed by atoms with Gasteiger partial charge in [-0.15, -0.1) is 0 Å². The van der Waals surface area contributed by atoms with Crippen LogP contribution < -0.4 is 0 Å². The van der Waals surface area contributed by atoms with Crippen LogP contribution in [0.25, 0.3) is 105 Å². The number of nitrogens with zero attached hydrogens (tertiary/aromatic N) is 4. The van der Waals surface area contributed by atoms with Gasteiger partial charge in [-0.25, -0.2) is 15.0 Å². The lowest BCUT2D eigenvalue weighted by atomic mass is 9.91. The summed E-state index contributed by atoms with van der Waals surface area (Å²) in [7, 11) is 0. The molecule has 0 spiro atoms. The van der Waals surface area contributed by atoms with Crippen molar-refractivity contribution in [3.63, 3.8) is 0 Å². The molecule has 0 amide bonds. The molecular weight excluding hydrogens is 645 g/mol. The van der Waals surface area contributed by atoms with E-state index in [-0.39, 0.29) is 0 Å². The Morgan fingerprint density at radius 3 is 1.58 bits per heavy atom. The normalized spacial score (nSPS) is 11.8. The number of hydrogen-bond donors (Lipinski definition) is 0. The molecule has 11 aromatic rings. The Bertz CT molecular complexity index is 3090. The number of benzene rings is 8. The number of para-hydroxylation sites is 2. The zero-order valence-electron chi connectivity index (χ0n) is 28.6. The van der Waals surface area contributed by atoms with Crippen LogP contribution in [0.2, 0.25) is 0 Å². The molecule has 0 N–H and O–H groups in total. The first-order chi connectivity index (χ1) is 26.3. The fourth-order valence-corrected chi connectivity index (χ4v) is 8.14. The molecule has 0 saturated heterocycles. The van der Waals surface area contributed by atoms with Crippen molar-refractivity contribution in [2.45, 2.75) is 0 Å². The smallest absolute Gasteiger partial charge is 0.164 e. The number of hydrogen-bond acceptors (Lipinski definition) is 3. The number of aromatic nitrogens is 4. The van der Waals surface area contributed by atoms with Gasteiger partial charge < -0.3 is 4.40 Å². The highest BCUT2D eigenvalue weighted by Gasteiger charge is 2.20. The summed E-state index contributed by atoms with van der Waals surface area (Å²) in [4.78, 5) is 15.2. The molecule has 3 heterocycles. The van der Waals surface area contributed by atoms with Gasteiger partial charge in [-0.05, 0) is 45.7 Å². The van der Waals surface area contributed by atoms with E-state index < -0.39 is 0 Å². The summed E-state index contributed by atoms with van der Waals surface area (Å²) in [6.45, 7) is 0. The molecule has 0 atom stereocenters. The van der Waals surface area contributed by atoms with Crippen LogP contribution in [0.3, 0.4) is 0 Å². The summed E-state index contributed by atoms with van der Waals surface area (Å²) in [5, 5.41) is 7.48. The molecule has 0 aliphatic heterocycles. The number of fused-ring (bicyclic) bond motifs is 7. The fourth-order valence-electron chi connectivity index (χ4n) is 8.14. The van der Waals surface area contributed by atoms with Crippen molar-refractivity contribution in [3.05, 3.63) is 182 Å². The van der Waals surface area contributed by atoms with Crippen LogP contribution in [0.5, 0.6) is 0 Å². The predicted molar refractivity (Wildman–Crippen MR) is 219 cm³/mol. The van der Waals surface area contributed by atoms with Gasteiger partial charge in [-0.3, -0.25) is 0 Å². The second kappa shape index (κ2) is 11.7. The van der Waals surface area contributed by atoms with Crippen LogP contribution >= 0.6 is 0 Å². The lowest BCUT2D eigenvalue weighted by Crippen LogP contribution is -2.01. The Balaban J connectivity index is 1.08. The van der Waals surface area contributed by atoms with E-state index in [1.165, 1.54) is 54.6 Å². The van der Waals surface area contributed by atoms with E-state index in [1.54, 1.807) is 0 Å². The van der Waals surface area contributed by atoms with Crippen LogP contribution in [0.1, 0.15) is 0 Å². The molecule has 4 nitrogen and oxygen atoms in total. The molecule has 53 heavy (non-hydrogen) atoms. The van der Waals surface area contributed by atoms with E-state index in [0.717, 1.165) is 33.2 Å². The zero-order chi connectivity index (χ0) is 34.9. The Morgan fingerprint density at radius 1 is 0.321 bits per heavy atom. The van der Waals surface area contributed by atoms with Gasteiger partial charge in [0.2, 0.25) is 0 Å². The fraction of sp³-hybridized carbons (Fsp3) is 0. The van der Waals surface area contributed by atoms with Gasteiger partial charge in [0, 0.05) is 43.8 Å². The zero-order valence-corrected chi connectivity index (χ0v) is 28.6. The molecule has 11 rings (SSSR count). The van der Waals surface area contributed by atoms with Gasteiger partial charge in [-0.2, -0.15) is 0 Å². The summed E-state index contributed by atoms with van der Waals surface area (Å²) >= 11 is 0. The molecule has 0 unspecified atom stereocenters. The van der Waals surface area contributed by atoms with Gasteiger partial charge in [0.05, 0.1) is 16.6 Å². The van der Waals surface area contributed by atoms with Gasteiger partial charge in [-0.1, -0.05) is 164 Å². The van der Waals surface area contributed by atoms with Gasteiger partial charge in [0.15, 0.2) is 17.5 Å². The van der Waals surface area contributed by atoms with Crippen molar-refractivity contribution in [1.29, 1.82) is 0 Å². The molecule has 8 aromatic carbocycles. The summed E-state index contributed by atoms with van der Waals surface area (Å²) in [6.07, 6.45) is 0. The minimum Gasteiger partial charge on any atom is -0.308 e. The molecule has 0 aliphatic carbocycles. The van der Waals surface area contributed by atoms with E-state index in [4.69, 9.17) is 15.0 Å². The Labute approximate surface area is 305 Å². The van der Waals surface area contributed by atoms with Crippen molar-refractivity contribution in [2.24, 2.45) is 0 Å². The van der Waals surface area contributed by atoms with E-state index in [2.05, 4.69) is 126 Å². The van der Waals surface area contributed by atoms with Crippen LogP contribution in [-0.2, 0) is 0 Å². The van der Waals surface area contributed by atoms with E-state index in [1.807, 2.05) is 60.7 Å². The van der Waals surface area contributed by atoms with Crippen LogP contribution in [0, 0.1) is 0 Å². The first-order valence-corrected chi connectivity index (χ1v) is 18.0. The topological polar surface area (TPSA) is 43.1 Å². The molecular formula is C49H30N4. The maximum absolute atomic E-state index is 5.12. The van der Waals surface area contributed by atoms with Gasteiger partial charge >= 0.3 is 0 Å². The molecule has 3 aromatic heterocycles. The quantitative estimate of drug-likeness (QED) is 0.182. The monoisotopic (exact) mass is 674 g/mol. The summed E-state index contributed by atoms with van der Waals surface area (Å²) in [5.41, 5.74) is 11.2. The van der Waals surface area contributed by atoms with Crippen molar-refractivity contribution >= 4 is 48.9 Å². The largest absolute Gasteiger partial charge is 0.308 e. The van der Waals surface area contributed by atoms with Crippen LogP contribution in [0.4, 0.5) is 0 Å². The Kier molecular flexibility index (Phi) is 6.52. The molecule has 0 radical (unpaired) electrons. The average Bonchev–Trinajstić information content (AvgIpc) is 3.76. The molecule has 4 heteroatoms. The Morgan fingerprint density at radius 2 is 0.868 bits per heavy atom. The SMILES string of the molecule is c1ccc(-c2nc(-c3ccccc3)nc(-c3ccc4ccccc4c3-c3ccc(-c4ccc5c6cccc7c8ccccc8n(c5c4)c76)cc3)n2)cc1. The first-order valence-electron chi connectivity index (χ1n) is 18.0. The highest BCUT2D eigenvalue weighted by atomic mass is 15.0. The molecule has 0 bridgehead atoms. The third-order valence-electron chi connectivity index (χ3n) is 10.6. The van der Waals surface area contributed by atoms with E-state index in [0.29, 0.717) is 17.5 Å². The number of rotatable bonds is 5. The second-order valence-electron chi connectivity index (χ2n) is 13.6. The minimum absolute atomic E-state index is 0.644. The predicted octanol–water partition coefficient (Wildman–Crippen LogP) is 12.5. The highest BCUT2D eigenvalue weighted by molar-refractivity contribution is 6.23. The minimum atomic E-state index is 0.644. The molecule has 0 saturated carbocycles. The second-order valence-corrected chi connectivity index (χ2v) is 13.6. The van der Waals surface area contributed by atoms with Crippen molar-refractivity contribution in [1.82, 2.24) is 19.4 Å². The molecule has 0 fully saturated rings. The third-order valence-corrected chi connectivity index (χ3v) is 10.6. The first kappa shape index (κ1) is 29.5. The standard InChI is InChI=1S/C49H30N4/c1-3-13-34(14-4-1)47-50-48(35-15-5-2-6-16-35)52-49(51-47)42-29-26-32-12-7-8-17-37(32)45(42)33-24-22-31(23-25-33)36-27-28-39-41-20-11-19-40-38-18-9-10-21-43(38)53(46(40)41)44(39)30-36/h1-30H. The molecule has 246 valence electrons. The lowest BCUT2D eigenvalue weighted by molar-refractivity contribution is 1.07. The highest BCUT2D eigenvalue weighted by Crippen LogP contribution is 2.42. The van der Waals surface area contributed by atoms with Crippen molar-refractivity contribution in [3.8, 4) is 56.4 Å². The summed E-state index contributed by atoms with van der Waals surface area (Å²) in [6, 6.07) is 64.4. The summed E-state index contributed by atoms with van der Waals surface area (Å²) < 4.78 is 2.44. The van der Waals surface area contributed by atoms with E-state index >= 15 is 0 Å². The van der Waals surface area contributed by atoms with E-state index in [9.17, 15) is 0 Å². The summed E-state index contributed by atoms with van der Waals surface area (Å²) in [5.74, 6) is 1.94. The van der Waals surface area contributed by atoms with Crippen molar-refractivity contribution < 1.29 is 0 Å².